The zero-order valence-corrected chi connectivity index (χ0v) is 9.67. The fourth-order valence-corrected chi connectivity index (χ4v) is 2.01. The first-order valence-electron chi connectivity index (χ1n) is 5.98. The van der Waals surface area contributed by atoms with Gasteiger partial charge in [0.25, 0.3) is 0 Å². The van der Waals surface area contributed by atoms with Crippen molar-refractivity contribution in [3.63, 3.8) is 0 Å². The maximum Gasteiger partial charge on any atom is 0.0698 e. The van der Waals surface area contributed by atoms with Gasteiger partial charge in [0.1, 0.15) is 0 Å². The molecule has 4 heteroatoms. The number of nitrogens with one attached hydrogen (secondary N) is 2. The third kappa shape index (κ3) is 6.10. The van der Waals surface area contributed by atoms with Crippen molar-refractivity contribution in [2.45, 2.75) is 38.3 Å². The SMILES string of the molecule is CC(CC1CCCN1)NCCOCCO. The molecular weight excluding hydrogens is 192 g/mol. The second-order valence-electron chi connectivity index (χ2n) is 4.22. The van der Waals surface area contributed by atoms with Crippen molar-refractivity contribution in [3.05, 3.63) is 0 Å². The molecule has 1 aliphatic rings. The Morgan fingerprint density at radius 2 is 2.40 bits per heavy atom. The van der Waals surface area contributed by atoms with Crippen LogP contribution in [0.1, 0.15) is 26.2 Å². The highest BCUT2D eigenvalue weighted by Crippen LogP contribution is 2.10. The van der Waals surface area contributed by atoms with Gasteiger partial charge in [-0.2, -0.15) is 0 Å². The summed E-state index contributed by atoms with van der Waals surface area (Å²) in [4.78, 5) is 0. The number of hydrogen-bond donors (Lipinski definition) is 3. The molecule has 0 saturated carbocycles. The molecule has 1 saturated heterocycles. The third-order valence-electron chi connectivity index (χ3n) is 2.78. The van der Waals surface area contributed by atoms with Crippen LogP contribution in [-0.4, -0.2) is 50.1 Å². The van der Waals surface area contributed by atoms with E-state index in [1.54, 1.807) is 0 Å². The summed E-state index contributed by atoms with van der Waals surface area (Å²) in [6.07, 6.45) is 3.82. The van der Waals surface area contributed by atoms with E-state index in [4.69, 9.17) is 9.84 Å². The lowest BCUT2D eigenvalue weighted by Crippen LogP contribution is -2.35. The Morgan fingerprint density at radius 1 is 1.53 bits per heavy atom. The first-order valence-corrected chi connectivity index (χ1v) is 5.98. The number of rotatable bonds is 8. The van der Waals surface area contributed by atoms with E-state index >= 15 is 0 Å². The van der Waals surface area contributed by atoms with Crippen LogP contribution in [-0.2, 0) is 4.74 Å². The molecule has 1 heterocycles. The van der Waals surface area contributed by atoms with Gasteiger partial charge >= 0.3 is 0 Å². The van der Waals surface area contributed by atoms with Gasteiger partial charge < -0.3 is 20.5 Å². The summed E-state index contributed by atoms with van der Waals surface area (Å²) in [5, 5.41) is 15.4. The van der Waals surface area contributed by atoms with Gasteiger partial charge in [-0.05, 0) is 32.7 Å². The minimum atomic E-state index is 0.113. The molecule has 0 bridgehead atoms. The molecule has 1 rings (SSSR count). The fraction of sp³-hybridized carbons (Fsp3) is 1.00. The highest BCUT2D eigenvalue weighted by molar-refractivity contribution is 4.78. The molecule has 4 nitrogen and oxygen atoms in total. The molecule has 0 aliphatic carbocycles. The zero-order chi connectivity index (χ0) is 10.9. The average Bonchev–Trinajstić information content (AvgIpc) is 2.70. The summed E-state index contributed by atoms with van der Waals surface area (Å²) in [6.45, 7) is 5.50. The van der Waals surface area contributed by atoms with Crippen molar-refractivity contribution < 1.29 is 9.84 Å². The largest absolute Gasteiger partial charge is 0.394 e. The lowest BCUT2D eigenvalue weighted by molar-refractivity contribution is 0.0925. The normalized spacial score (nSPS) is 23.2. The Morgan fingerprint density at radius 3 is 3.07 bits per heavy atom. The van der Waals surface area contributed by atoms with Gasteiger partial charge in [0.15, 0.2) is 0 Å². The lowest BCUT2D eigenvalue weighted by Gasteiger charge is -2.18. The average molecular weight is 216 g/mol. The fourth-order valence-electron chi connectivity index (χ4n) is 2.01. The first kappa shape index (κ1) is 12.9. The Labute approximate surface area is 92.4 Å². The van der Waals surface area contributed by atoms with Gasteiger partial charge in [0.2, 0.25) is 0 Å². The molecule has 90 valence electrons. The number of ether oxygens (including phenoxy) is 1. The van der Waals surface area contributed by atoms with Gasteiger partial charge in [-0.25, -0.2) is 0 Å². The Bertz CT molecular complexity index is 150. The van der Waals surface area contributed by atoms with Crippen molar-refractivity contribution in [3.8, 4) is 0 Å². The quantitative estimate of drug-likeness (QED) is 0.504. The van der Waals surface area contributed by atoms with E-state index < -0.39 is 0 Å². The molecule has 15 heavy (non-hydrogen) atoms. The van der Waals surface area contributed by atoms with Crippen molar-refractivity contribution in [2.24, 2.45) is 0 Å². The van der Waals surface area contributed by atoms with E-state index in [0.717, 1.165) is 6.54 Å². The van der Waals surface area contributed by atoms with Crippen LogP contribution < -0.4 is 10.6 Å². The van der Waals surface area contributed by atoms with E-state index in [-0.39, 0.29) is 6.61 Å². The van der Waals surface area contributed by atoms with E-state index in [1.165, 1.54) is 25.8 Å². The summed E-state index contributed by atoms with van der Waals surface area (Å²) >= 11 is 0. The monoisotopic (exact) mass is 216 g/mol. The van der Waals surface area contributed by atoms with Crippen LogP contribution in [0.15, 0.2) is 0 Å². The van der Waals surface area contributed by atoms with Gasteiger partial charge in [0.05, 0.1) is 19.8 Å². The minimum Gasteiger partial charge on any atom is -0.394 e. The summed E-state index contributed by atoms with van der Waals surface area (Å²) in [5.41, 5.74) is 0. The zero-order valence-electron chi connectivity index (χ0n) is 9.67. The Hall–Kier alpha value is -0.160. The number of aliphatic hydroxyl groups is 1. The predicted octanol–water partition coefficient (Wildman–Crippen LogP) is 0.116. The maximum absolute atomic E-state index is 8.51. The van der Waals surface area contributed by atoms with Crippen LogP contribution in [0.2, 0.25) is 0 Å². The number of hydrogen-bond acceptors (Lipinski definition) is 4. The van der Waals surface area contributed by atoms with E-state index in [2.05, 4.69) is 17.6 Å². The molecule has 0 aromatic heterocycles. The topological polar surface area (TPSA) is 53.5 Å². The van der Waals surface area contributed by atoms with Crippen LogP contribution in [0, 0.1) is 0 Å². The number of aliphatic hydroxyl groups excluding tert-OH is 1. The highest BCUT2D eigenvalue weighted by atomic mass is 16.5. The molecule has 0 spiro atoms. The van der Waals surface area contributed by atoms with Crippen LogP contribution in [0.4, 0.5) is 0 Å². The van der Waals surface area contributed by atoms with Gasteiger partial charge in [-0.15, -0.1) is 0 Å². The van der Waals surface area contributed by atoms with E-state index in [0.29, 0.717) is 25.3 Å². The Kier molecular flexibility index (Phi) is 6.92. The molecule has 0 amide bonds. The second-order valence-corrected chi connectivity index (χ2v) is 4.22. The molecule has 2 atom stereocenters. The molecule has 0 aromatic rings. The highest BCUT2D eigenvalue weighted by Gasteiger charge is 2.16. The molecule has 1 aliphatic heterocycles. The third-order valence-corrected chi connectivity index (χ3v) is 2.78. The van der Waals surface area contributed by atoms with Crippen LogP contribution in [0.3, 0.4) is 0 Å². The summed E-state index contributed by atoms with van der Waals surface area (Å²) in [5.74, 6) is 0. The van der Waals surface area contributed by atoms with Crippen molar-refractivity contribution in [1.29, 1.82) is 0 Å². The first-order chi connectivity index (χ1) is 7.33. The van der Waals surface area contributed by atoms with Crippen LogP contribution >= 0.6 is 0 Å². The molecule has 1 fully saturated rings. The summed E-state index contributed by atoms with van der Waals surface area (Å²) in [7, 11) is 0. The standard InChI is InChI=1S/C11H24N2O2/c1-10(9-11-3-2-4-13-11)12-5-7-15-8-6-14/h10-14H,2-9H2,1H3. The molecule has 2 unspecified atom stereocenters. The maximum atomic E-state index is 8.51. The minimum absolute atomic E-state index is 0.113. The molecule has 0 radical (unpaired) electrons. The lowest BCUT2D eigenvalue weighted by atomic mass is 10.1. The van der Waals surface area contributed by atoms with Crippen molar-refractivity contribution in [2.75, 3.05) is 32.9 Å². The molecule has 0 aromatic carbocycles. The predicted molar refractivity (Wildman–Crippen MR) is 61.0 cm³/mol. The van der Waals surface area contributed by atoms with E-state index in [1.807, 2.05) is 0 Å². The summed E-state index contributed by atoms with van der Waals surface area (Å²) in [6, 6.07) is 1.24. The van der Waals surface area contributed by atoms with Crippen LogP contribution in [0.25, 0.3) is 0 Å². The smallest absolute Gasteiger partial charge is 0.0698 e. The second kappa shape index (κ2) is 8.05. The van der Waals surface area contributed by atoms with Crippen molar-refractivity contribution in [1.82, 2.24) is 10.6 Å². The van der Waals surface area contributed by atoms with Gasteiger partial charge in [-0.1, -0.05) is 0 Å². The van der Waals surface area contributed by atoms with Crippen molar-refractivity contribution >= 4 is 0 Å². The van der Waals surface area contributed by atoms with Gasteiger partial charge in [0, 0.05) is 18.6 Å². The Balaban J connectivity index is 1.91. The van der Waals surface area contributed by atoms with Crippen LogP contribution in [0.5, 0.6) is 0 Å². The molecule has 3 N–H and O–H groups in total. The summed E-state index contributed by atoms with van der Waals surface area (Å²) < 4.78 is 5.18. The van der Waals surface area contributed by atoms with Gasteiger partial charge in [-0.3, -0.25) is 0 Å². The van der Waals surface area contributed by atoms with E-state index in [9.17, 15) is 0 Å². The molecular formula is C11H24N2O2.